The van der Waals surface area contributed by atoms with E-state index in [2.05, 4.69) is 5.32 Å². The molecule has 1 aliphatic heterocycles. The molecule has 0 atom stereocenters. The number of carbonyl (C=O) groups is 1. The van der Waals surface area contributed by atoms with Crippen molar-refractivity contribution in [3.63, 3.8) is 0 Å². The van der Waals surface area contributed by atoms with E-state index in [1.54, 1.807) is 0 Å². The Labute approximate surface area is 97.5 Å². The quantitative estimate of drug-likeness (QED) is 0.598. The molecule has 78 valence electrons. The highest BCUT2D eigenvalue weighted by Gasteiger charge is 2.22. The number of amides is 1. The molecule has 1 amide bonds. The number of hydrogen-bond acceptors (Lipinski definition) is 3. The van der Waals surface area contributed by atoms with E-state index >= 15 is 0 Å². The molecular formula is C10H10N2OS2. The highest BCUT2D eigenvalue weighted by molar-refractivity contribution is 8.26. The van der Waals surface area contributed by atoms with Crippen molar-refractivity contribution >= 4 is 40.3 Å². The van der Waals surface area contributed by atoms with Gasteiger partial charge in [0.25, 0.3) is 5.91 Å². The van der Waals surface area contributed by atoms with Gasteiger partial charge >= 0.3 is 0 Å². The lowest BCUT2D eigenvalue weighted by molar-refractivity contribution is -0.115. The van der Waals surface area contributed by atoms with Crippen molar-refractivity contribution in [3.8, 4) is 0 Å². The Balaban J connectivity index is 2.35. The summed E-state index contributed by atoms with van der Waals surface area (Å²) in [5, 5.41) is 2.59. The molecule has 2 rings (SSSR count). The number of rotatable bonds is 1. The van der Waals surface area contributed by atoms with Crippen LogP contribution in [-0.4, -0.2) is 14.8 Å². The third kappa shape index (κ3) is 1.98. The summed E-state index contributed by atoms with van der Waals surface area (Å²) in [6, 6.07) is 4.00. The van der Waals surface area contributed by atoms with Crippen LogP contribution in [0.15, 0.2) is 17.0 Å². The molecule has 0 unspecified atom stereocenters. The first-order valence-corrected chi connectivity index (χ1v) is 5.67. The van der Waals surface area contributed by atoms with E-state index in [1.165, 1.54) is 11.8 Å². The lowest BCUT2D eigenvalue weighted by atomic mass is 10.3. The van der Waals surface area contributed by atoms with Crippen molar-refractivity contribution in [1.82, 2.24) is 9.88 Å². The lowest BCUT2D eigenvalue weighted by Gasteiger charge is -2.00. The van der Waals surface area contributed by atoms with Crippen molar-refractivity contribution in [2.45, 2.75) is 6.92 Å². The molecule has 1 fully saturated rings. The van der Waals surface area contributed by atoms with E-state index in [-0.39, 0.29) is 5.91 Å². The number of aryl methyl sites for hydroxylation is 1. The number of aromatic nitrogens is 1. The molecular weight excluding hydrogens is 228 g/mol. The fourth-order valence-electron chi connectivity index (χ4n) is 1.33. The minimum atomic E-state index is -0.108. The Morgan fingerprint density at radius 3 is 2.73 bits per heavy atom. The molecule has 1 aromatic rings. The van der Waals surface area contributed by atoms with Crippen molar-refractivity contribution in [1.29, 1.82) is 0 Å². The molecule has 0 radical (unpaired) electrons. The van der Waals surface area contributed by atoms with Crippen LogP contribution in [0, 0.1) is 6.92 Å². The van der Waals surface area contributed by atoms with E-state index in [0.717, 1.165) is 11.4 Å². The first kappa shape index (κ1) is 10.4. The van der Waals surface area contributed by atoms with Crippen LogP contribution in [0.5, 0.6) is 0 Å². The monoisotopic (exact) mass is 238 g/mol. The summed E-state index contributed by atoms with van der Waals surface area (Å²) in [5.74, 6) is -0.108. The molecule has 0 saturated carbocycles. The maximum Gasteiger partial charge on any atom is 0.263 e. The van der Waals surface area contributed by atoms with Gasteiger partial charge in [-0.2, -0.15) is 0 Å². The summed E-state index contributed by atoms with van der Waals surface area (Å²) >= 11 is 6.22. The molecule has 1 aliphatic rings. The minimum Gasteiger partial charge on any atom is -0.348 e. The molecule has 0 bridgehead atoms. The second kappa shape index (κ2) is 3.83. The third-order valence-corrected chi connectivity index (χ3v) is 3.50. The predicted molar refractivity (Wildman–Crippen MR) is 66.5 cm³/mol. The second-order valence-electron chi connectivity index (χ2n) is 3.31. The van der Waals surface area contributed by atoms with Crippen LogP contribution >= 0.6 is 24.0 Å². The van der Waals surface area contributed by atoms with Crippen molar-refractivity contribution in [2.24, 2.45) is 7.05 Å². The average molecular weight is 238 g/mol. The summed E-state index contributed by atoms with van der Waals surface area (Å²) < 4.78 is 2.56. The standard InChI is InChI=1S/C10H10N2OS2/c1-6-3-4-7(12(6)2)5-8-9(13)11-10(14)15-8/h3-5H,1-2H3,(H,11,13,14)/b8-5+. The van der Waals surface area contributed by atoms with Gasteiger partial charge in [0.15, 0.2) is 0 Å². The first-order valence-electron chi connectivity index (χ1n) is 4.45. The van der Waals surface area contributed by atoms with Crippen LogP contribution in [0.3, 0.4) is 0 Å². The fourth-order valence-corrected chi connectivity index (χ4v) is 2.36. The van der Waals surface area contributed by atoms with Gasteiger partial charge in [-0.1, -0.05) is 24.0 Å². The minimum absolute atomic E-state index is 0.108. The van der Waals surface area contributed by atoms with Crippen LogP contribution in [0.4, 0.5) is 0 Å². The maximum atomic E-state index is 11.4. The van der Waals surface area contributed by atoms with Crippen molar-refractivity contribution in [3.05, 3.63) is 28.4 Å². The van der Waals surface area contributed by atoms with Gasteiger partial charge in [0.2, 0.25) is 0 Å². The Bertz CT molecular complexity index is 474. The normalized spacial score (nSPS) is 18.7. The van der Waals surface area contributed by atoms with Gasteiger partial charge in [-0.3, -0.25) is 4.79 Å². The summed E-state index contributed by atoms with van der Waals surface area (Å²) in [6.07, 6.45) is 1.85. The van der Waals surface area contributed by atoms with Gasteiger partial charge in [-0.15, -0.1) is 0 Å². The molecule has 2 heterocycles. The number of carbonyl (C=O) groups excluding carboxylic acids is 1. The average Bonchev–Trinajstić information content (AvgIpc) is 2.64. The summed E-state index contributed by atoms with van der Waals surface area (Å²) in [5.41, 5.74) is 2.17. The Morgan fingerprint density at radius 2 is 2.27 bits per heavy atom. The van der Waals surface area contributed by atoms with Crippen LogP contribution in [0.2, 0.25) is 0 Å². The molecule has 1 aromatic heterocycles. The maximum absolute atomic E-state index is 11.4. The molecule has 1 saturated heterocycles. The number of thiocarbonyl (C=S) groups is 1. The van der Waals surface area contributed by atoms with E-state index in [0.29, 0.717) is 9.23 Å². The predicted octanol–water partition coefficient (Wildman–Crippen LogP) is 1.82. The summed E-state index contributed by atoms with van der Waals surface area (Å²) in [4.78, 5) is 12.1. The third-order valence-electron chi connectivity index (χ3n) is 2.33. The molecule has 5 heteroatoms. The number of nitrogens with one attached hydrogen (secondary N) is 1. The topological polar surface area (TPSA) is 34.0 Å². The zero-order chi connectivity index (χ0) is 11.0. The molecule has 3 nitrogen and oxygen atoms in total. The largest absolute Gasteiger partial charge is 0.348 e. The molecule has 15 heavy (non-hydrogen) atoms. The summed E-state index contributed by atoms with van der Waals surface area (Å²) in [7, 11) is 1.97. The van der Waals surface area contributed by atoms with Crippen LogP contribution < -0.4 is 5.32 Å². The first-order chi connectivity index (χ1) is 7.08. The second-order valence-corrected chi connectivity index (χ2v) is 5.03. The van der Waals surface area contributed by atoms with Gasteiger partial charge in [-0.25, -0.2) is 0 Å². The summed E-state index contributed by atoms with van der Waals surface area (Å²) in [6.45, 7) is 2.02. The Hall–Kier alpha value is -1.07. The molecule has 0 spiro atoms. The van der Waals surface area contributed by atoms with E-state index in [9.17, 15) is 4.79 Å². The van der Waals surface area contributed by atoms with Crippen LogP contribution in [0.25, 0.3) is 6.08 Å². The molecule has 1 N–H and O–H groups in total. The lowest BCUT2D eigenvalue weighted by Crippen LogP contribution is -2.17. The van der Waals surface area contributed by atoms with Gasteiger partial charge in [0, 0.05) is 18.4 Å². The zero-order valence-electron chi connectivity index (χ0n) is 8.40. The SMILES string of the molecule is Cc1ccc(/C=C2/SC(=S)NC2=O)n1C. The number of nitrogens with zero attached hydrogens (tertiary/aromatic N) is 1. The van der Waals surface area contributed by atoms with Gasteiger partial charge in [0.1, 0.15) is 4.32 Å². The number of hydrogen-bond donors (Lipinski definition) is 1. The fraction of sp³-hybridized carbons (Fsp3) is 0.200. The molecule has 0 aliphatic carbocycles. The Morgan fingerprint density at radius 1 is 1.53 bits per heavy atom. The van der Waals surface area contributed by atoms with Crippen molar-refractivity contribution in [2.75, 3.05) is 0 Å². The van der Waals surface area contributed by atoms with Crippen molar-refractivity contribution < 1.29 is 4.79 Å². The smallest absolute Gasteiger partial charge is 0.263 e. The highest BCUT2D eigenvalue weighted by Crippen LogP contribution is 2.26. The van der Waals surface area contributed by atoms with Gasteiger partial charge in [0.05, 0.1) is 4.91 Å². The van der Waals surface area contributed by atoms with E-state index in [1.807, 2.05) is 36.7 Å². The molecule has 0 aromatic carbocycles. The zero-order valence-corrected chi connectivity index (χ0v) is 10.0. The van der Waals surface area contributed by atoms with Crippen LogP contribution in [0.1, 0.15) is 11.4 Å². The van der Waals surface area contributed by atoms with Gasteiger partial charge in [-0.05, 0) is 25.1 Å². The Kier molecular flexibility index (Phi) is 2.67. The number of thioether (sulfide) groups is 1. The highest BCUT2D eigenvalue weighted by atomic mass is 32.2. The van der Waals surface area contributed by atoms with E-state index < -0.39 is 0 Å². The van der Waals surface area contributed by atoms with E-state index in [4.69, 9.17) is 12.2 Å². The van der Waals surface area contributed by atoms with Gasteiger partial charge < -0.3 is 9.88 Å². The van der Waals surface area contributed by atoms with Crippen LogP contribution in [-0.2, 0) is 11.8 Å².